The van der Waals surface area contributed by atoms with Crippen molar-refractivity contribution in [1.82, 2.24) is 4.90 Å². The number of aliphatic carboxylic acids is 1. The first-order valence-corrected chi connectivity index (χ1v) is 6.40. The zero-order valence-corrected chi connectivity index (χ0v) is 11.8. The van der Waals surface area contributed by atoms with Gasteiger partial charge in [-0.1, -0.05) is 19.1 Å². The zero-order valence-electron chi connectivity index (χ0n) is 11.8. The van der Waals surface area contributed by atoms with Gasteiger partial charge in [0.15, 0.2) is 0 Å². The van der Waals surface area contributed by atoms with E-state index in [9.17, 15) is 14.0 Å². The first kappa shape index (κ1) is 15.9. The number of nitrogens with one attached hydrogen (secondary N) is 1. The van der Waals surface area contributed by atoms with Crippen LogP contribution in [0.3, 0.4) is 0 Å². The first-order valence-electron chi connectivity index (χ1n) is 6.40. The highest BCUT2D eigenvalue weighted by Gasteiger charge is 2.20. The predicted octanol–water partition coefficient (Wildman–Crippen LogP) is 2.71. The smallest absolute Gasteiger partial charge is 0.321 e. The molecule has 0 heterocycles. The molecular weight excluding hydrogens is 263 g/mol. The summed E-state index contributed by atoms with van der Waals surface area (Å²) < 4.78 is 13.6. The van der Waals surface area contributed by atoms with Crippen molar-refractivity contribution in [2.75, 3.05) is 18.4 Å². The average molecular weight is 282 g/mol. The van der Waals surface area contributed by atoms with Gasteiger partial charge in [0.05, 0.1) is 11.6 Å². The van der Waals surface area contributed by atoms with Gasteiger partial charge in [-0.15, -0.1) is 0 Å². The van der Waals surface area contributed by atoms with Crippen LogP contribution in [0.2, 0.25) is 0 Å². The molecule has 1 rings (SSSR count). The zero-order chi connectivity index (χ0) is 15.3. The third-order valence-electron chi connectivity index (χ3n) is 3.04. The highest BCUT2D eigenvalue weighted by atomic mass is 19.1. The summed E-state index contributed by atoms with van der Waals surface area (Å²) in [6.07, 6.45) is 0. The number of carbonyl (C=O) groups is 2. The molecule has 1 aromatic carbocycles. The number of carbonyl (C=O) groups excluding carboxylic acids is 1. The number of carboxylic acid groups (broad SMARTS) is 1. The van der Waals surface area contributed by atoms with Crippen LogP contribution in [0.15, 0.2) is 18.2 Å². The molecule has 0 aliphatic rings. The number of amides is 2. The SMILES string of the molecule is CCN(CC(C)C(=O)O)C(=O)Nc1c(C)cccc1F. The molecule has 2 N–H and O–H groups in total. The molecule has 0 aliphatic heterocycles. The molecule has 0 aromatic heterocycles. The number of para-hydroxylation sites is 1. The monoisotopic (exact) mass is 282 g/mol. The van der Waals surface area contributed by atoms with Crippen molar-refractivity contribution >= 4 is 17.7 Å². The van der Waals surface area contributed by atoms with E-state index in [-0.39, 0.29) is 12.2 Å². The van der Waals surface area contributed by atoms with Crippen LogP contribution in [0.1, 0.15) is 19.4 Å². The van der Waals surface area contributed by atoms with Gasteiger partial charge in [0.2, 0.25) is 0 Å². The fourth-order valence-electron chi connectivity index (χ4n) is 1.74. The lowest BCUT2D eigenvalue weighted by Crippen LogP contribution is -2.39. The second-order valence-corrected chi connectivity index (χ2v) is 4.64. The predicted molar refractivity (Wildman–Crippen MR) is 74.2 cm³/mol. The van der Waals surface area contributed by atoms with Crippen LogP contribution in [-0.2, 0) is 4.79 Å². The molecule has 0 radical (unpaired) electrons. The minimum absolute atomic E-state index is 0.0746. The Morgan fingerprint density at radius 1 is 1.45 bits per heavy atom. The maximum atomic E-state index is 13.6. The summed E-state index contributed by atoms with van der Waals surface area (Å²) in [4.78, 5) is 24.2. The Morgan fingerprint density at radius 2 is 2.10 bits per heavy atom. The number of benzene rings is 1. The van der Waals surface area contributed by atoms with E-state index in [0.29, 0.717) is 12.1 Å². The molecule has 0 aliphatic carbocycles. The van der Waals surface area contributed by atoms with E-state index >= 15 is 0 Å². The molecule has 0 fully saturated rings. The van der Waals surface area contributed by atoms with E-state index in [1.54, 1.807) is 26.0 Å². The lowest BCUT2D eigenvalue weighted by atomic mass is 10.1. The molecule has 1 unspecified atom stereocenters. The van der Waals surface area contributed by atoms with Gasteiger partial charge in [0.1, 0.15) is 5.82 Å². The normalized spacial score (nSPS) is 11.8. The third kappa shape index (κ3) is 3.94. The van der Waals surface area contributed by atoms with Crippen LogP contribution < -0.4 is 5.32 Å². The molecule has 0 saturated carbocycles. The Bertz CT molecular complexity index is 485. The number of urea groups is 1. The lowest BCUT2D eigenvalue weighted by molar-refractivity contribution is -0.141. The Kier molecular flexibility index (Phi) is 5.49. The van der Waals surface area contributed by atoms with Crippen LogP contribution in [0.25, 0.3) is 0 Å². The van der Waals surface area contributed by atoms with Crippen molar-refractivity contribution in [3.05, 3.63) is 29.6 Å². The summed E-state index contributed by atoms with van der Waals surface area (Å²) in [5.74, 6) is -2.17. The molecule has 20 heavy (non-hydrogen) atoms. The van der Waals surface area contributed by atoms with Crippen molar-refractivity contribution in [3.8, 4) is 0 Å². The minimum Gasteiger partial charge on any atom is -0.481 e. The second-order valence-electron chi connectivity index (χ2n) is 4.64. The number of halogens is 1. The molecule has 6 heteroatoms. The van der Waals surface area contributed by atoms with Crippen LogP contribution in [0.4, 0.5) is 14.9 Å². The number of hydrogen-bond donors (Lipinski definition) is 2. The maximum absolute atomic E-state index is 13.6. The molecule has 2 amide bonds. The summed E-state index contributed by atoms with van der Waals surface area (Å²) in [5, 5.41) is 11.4. The van der Waals surface area contributed by atoms with Gasteiger partial charge in [-0.05, 0) is 25.5 Å². The summed E-state index contributed by atoms with van der Waals surface area (Å²) in [7, 11) is 0. The Balaban J connectivity index is 2.80. The van der Waals surface area contributed by atoms with Gasteiger partial charge in [-0.2, -0.15) is 0 Å². The fourth-order valence-corrected chi connectivity index (χ4v) is 1.74. The minimum atomic E-state index is -0.974. The Labute approximate surface area is 117 Å². The number of hydrogen-bond acceptors (Lipinski definition) is 2. The van der Waals surface area contributed by atoms with E-state index in [0.717, 1.165) is 0 Å². The number of anilines is 1. The van der Waals surface area contributed by atoms with Crippen molar-refractivity contribution in [1.29, 1.82) is 0 Å². The van der Waals surface area contributed by atoms with Crippen molar-refractivity contribution in [3.63, 3.8) is 0 Å². The van der Waals surface area contributed by atoms with Gasteiger partial charge < -0.3 is 15.3 Å². The molecule has 0 saturated heterocycles. The van der Waals surface area contributed by atoms with Crippen LogP contribution in [0.5, 0.6) is 0 Å². The van der Waals surface area contributed by atoms with Gasteiger partial charge in [-0.3, -0.25) is 4.79 Å². The summed E-state index contributed by atoms with van der Waals surface area (Å²) in [6, 6.07) is 4.01. The van der Waals surface area contributed by atoms with E-state index in [4.69, 9.17) is 5.11 Å². The maximum Gasteiger partial charge on any atom is 0.321 e. The van der Waals surface area contributed by atoms with Crippen molar-refractivity contribution < 1.29 is 19.1 Å². The molecule has 1 aromatic rings. The molecule has 0 bridgehead atoms. The fraction of sp³-hybridized carbons (Fsp3) is 0.429. The number of rotatable bonds is 5. The van der Waals surface area contributed by atoms with Crippen LogP contribution in [0, 0.1) is 18.7 Å². The van der Waals surface area contributed by atoms with Gasteiger partial charge in [0, 0.05) is 13.1 Å². The molecular formula is C14H19FN2O3. The summed E-state index contributed by atoms with van der Waals surface area (Å²) >= 11 is 0. The van der Waals surface area contributed by atoms with Crippen LogP contribution in [-0.4, -0.2) is 35.1 Å². The molecule has 1 atom stereocenters. The number of carboxylic acids is 1. The molecule has 0 spiro atoms. The highest BCUT2D eigenvalue weighted by molar-refractivity contribution is 5.90. The summed E-state index contributed by atoms with van der Waals surface area (Å²) in [5.41, 5.74) is 0.736. The first-order chi connectivity index (χ1) is 9.36. The Morgan fingerprint density at radius 3 is 2.60 bits per heavy atom. The van der Waals surface area contributed by atoms with Gasteiger partial charge >= 0.3 is 12.0 Å². The topological polar surface area (TPSA) is 69.6 Å². The quantitative estimate of drug-likeness (QED) is 0.872. The Hall–Kier alpha value is -2.11. The van der Waals surface area contributed by atoms with Crippen molar-refractivity contribution in [2.24, 2.45) is 5.92 Å². The number of nitrogens with zero attached hydrogens (tertiary/aromatic N) is 1. The van der Waals surface area contributed by atoms with Gasteiger partial charge in [-0.25, -0.2) is 9.18 Å². The van der Waals surface area contributed by atoms with E-state index in [1.807, 2.05) is 0 Å². The van der Waals surface area contributed by atoms with E-state index in [2.05, 4.69) is 5.32 Å². The largest absolute Gasteiger partial charge is 0.481 e. The van der Waals surface area contributed by atoms with E-state index < -0.39 is 23.7 Å². The summed E-state index contributed by atoms with van der Waals surface area (Å²) in [6.45, 7) is 5.37. The second kappa shape index (κ2) is 6.88. The van der Waals surface area contributed by atoms with Crippen molar-refractivity contribution in [2.45, 2.75) is 20.8 Å². The third-order valence-corrected chi connectivity index (χ3v) is 3.04. The van der Waals surface area contributed by atoms with Gasteiger partial charge in [0.25, 0.3) is 0 Å². The highest BCUT2D eigenvalue weighted by Crippen LogP contribution is 2.19. The number of aryl methyl sites for hydroxylation is 1. The van der Waals surface area contributed by atoms with Crippen LogP contribution >= 0.6 is 0 Å². The molecule has 5 nitrogen and oxygen atoms in total. The average Bonchev–Trinajstić information content (AvgIpc) is 2.39. The van der Waals surface area contributed by atoms with E-state index in [1.165, 1.54) is 17.9 Å². The lowest BCUT2D eigenvalue weighted by Gasteiger charge is -2.23. The molecule has 110 valence electrons. The standard InChI is InChI=1S/C14H19FN2O3/c1-4-17(8-10(3)13(18)19)14(20)16-12-9(2)6-5-7-11(12)15/h5-7,10H,4,8H2,1-3H3,(H,16,20)(H,18,19).